The van der Waals surface area contributed by atoms with Crippen LogP contribution in [0.1, 0.15) is 29.4 Å². The van der Waals surface area contributed by atoms with Crippen LogP contribution in [0.15, 0.2) is 12.5 Å². The molecule has 2 rings (SSSR count). The molecule has 13 heavy (non-hydrogen) atoms. The van der Waals surface area contributed by atoms with Crippen LogP contribution in [0, 0.1) is 0 Å². The third kappa shape index (κ3) is 1.37. The maximum Gasteiger partial charge on any atom is 0.168 e. The molecule has 1 fully saturated rings. The zero-order valence-electron chi connectivity index (χ0n) is 7.51. The summed E-state index contributed by atoms with van der Waals surface area (Å²) in [6.07, 6.45) is 6.45. The van der Waals surface area contributed by atoms with E-state index < -0.39 is 0 Å². The van der Waals surface area contributed by atoms with Crippen molar-refractivity contribution in [1.29, 1.82) is 0 Å². The van der Waals surface area contributed by atoms with Gasteiger partial charge in [-0.25, -0.2) is 4.98 Å². The summed E-state index contributed by atoms with van der Waals surface area (Å²) >= 11 is 0. The number of hydrogen-bond donors (Lipinski definition) is 0. The van der Waals surface area contributed by atoms with E-state index in [0.717, 1.165) is 19.1 Å². The largest absolute Gasteiger partial charge is 0.381 e. The molecule has 0 bridgehead atoms. The second-order valence-corrected chi connectivity index (χ2v) is 3.33. The number of rotatable bonds is 3. The number of methoxy groups -OCH3 is 1. The number of carbonyl (C=O) groups excluding carboxylic acids is 1. The molecule has 0 N–H and O–H groups in total. The fourth-order valence-electron chi connectivity index (χ4n) is 1.67. The van der Waals surface area contributed by atoms with Gasteiger partial charge in [0.1, 0.15) is 5.69 Å². The zero-order valence-corrected chi connectivity index (χ0v) is 7.51. The minimum atomic E-state index is 0.354. The molecule has 0 atom stereocenters. The first kappa shape index (κ1) is 8.44. The molecule has 1 aliphatic rings. The Hall–Kier alpha value is -1.16. The van der Waals surface area contributed by atoms with Gasteiger partial charge in [-0.1, -0.05) is 0 Å². The van der Waals surface area contributed by atoms with E-state index in [1.54, 1.807) is 19.6 Å². The average Bonchev–Trinajstić information content (AvgIpc) is 2.50. The Morgan fingerprint density at radius 2 is 2.46 bits per heavy atom. The van der Waals surface area contributed by atoms with Crippen molar-refractivity contribution in [3.8, 4) is 0 Å². The number of carbonyl (C=O) groups is 1. The highest BCUT2D eigenvalue weighted by Crippen LogP contribution is 2.34. The van der Waals surface area contributed by atoms with Gasteiger partial charge in [-0.15, -0.1) is 0 Å². The predicted molar refractivity (Wildman–Crippen MR) is 46.7 cm³/mol. The van der Waals surface area contributed by atoms with Gasteiger partial charge in [0, 0.05) is 13.2 Å². The van der Waals surface area contributed by atoms with Crippen molar-refractivity contribution >= 4 is 6.29 Å². The van der Waals surface area contributed by atoms with E-state index in [2.05, 4.69) is 4.98 Å². The van der Waals surface area contributed by atoms with E-state index in [1.165, 1.54) is 0 Å². The number of hydrogen-bond acceptors (Lipinski definition) is 3. The molecule has 1 heterocycles. The fraction of sp³-hybridized carbons (Fsp3) is 0.556. The Bertz CT molecular complexity index is 302. The summed E-state index contributed by atoms with van der Waals surface area (Å²) in [5.74, 6) is 0. The highest BCUT2D eigenvalue weighted by molar-refractivity contribution is 5.71. The minimum absolute atomic E-state index is 0.354. The van der Waals surface area contributed by atoms with Crippen LogP contribution in [-0.4, -0.2) is 29.1 Å². The topological polar surface area (TPSA) is 44.1 Å². The summed E-state index contributed by atoms with van der Waals surface area (Å²) in [6.45, 7) is 0. The third-order valence-electron chi connectivity index (χ3n) is 2.61. The van der Waals surface area contributed by atoms with Gasteiger partial charge in [0.05, 0.1) is 18.6 Å². The maximum atomic E-state index is 10.6. The molecule has 0 amide bonds. The first-order valence-corrected chi connectivity index (χ1v) is 4.35. The summed E-state index contributed by atoms with van der Waals surface area (Å²) in [7, 11) is 1.72. The second-order valence-electron chi connectivity index (χ2n) is 3.33. The van der Waals surface area contributed by atoms with Crippen LogP contribution < -0.4 is 0 Å². The van der Waals surface area contributed by atoms with Crippen molar-refractivity contribution in [3.05, 3.63) is 18.2 Å². The zero-order chi connectivity index (χ0) is 9.26. The van der Waals surface area contributed by atoms with Crippen molar-refractivity contribution in [2.24, 2.45) is 0 Å². The molecule has 0 spiro atoms. The first-order chi connectivity index (χ1) is 6.35. The molecule has 70 valence electrons. The summed E-state index contributed by atoms with van der Waals surface area (Å²) in [6, 6.07) is 0.396. The lowest BCUT2D eigenvalue weighted by molar-refractivity contribution is 0.00569. The Kier molecular flexibility index (Phi) is 2.14. The highest BCUT2D eigenvalue weighted by atomic mass is 16.5. The number of nitrogens with zero attached hydrogens (tertiary/aromatic N) is 2. The Morgan fingerprint density at radius 1 is 1.69 bits per heavy atom. The van der Waals surface area contributed by atoms with Crippen LogP contribution in [0.5, 0.6) is 0 Å². The van der Waals surface area contributed by atoms with E-state index in [1.807, 2.05) is 4.57 Å². The number of aromatic nitrogens is 2. The maximum absolute atomic E-state index is 10.6. The molecule has 0 unspecified atom stereocenters. The van der Waals surface area contributed by atoms with E-state index in [4.69, 9.17) is 4.74 Å². The van der Waals surface area contributed by atoms with Crippen molar-refractivity contribution in [2.45, 2.75) is 25.0 Å². The molecular formula is C9H12N2O2. The van der Waals surface area contributed by atoms with Crippen molar-refractivity contribution in [2.75, 3.05) is 7.11 Å². The van der Waals surface area contributed by atoms with Crippen LogP contribution in [-0.2, 0) is 4.74 Å². The number of imidazole rings is 1. The molecule has 0 aliphatic heterocycles. The SMILES string of the molecule is COC1CC(n2cncc2C=O)C1. The van der Waals surface area contributed by atoms with Gasteiger partial charge in [0.2, 0.25) is 0 Å². The third-order valence-corrected chi connectivity index (χ3v) is 2.61. The van der Waals surface area contributed by atoms with Crippen molar-refractivity contribution in [1.82, 2.24) is 9.55 Å². The lowest BCUT2D eigenvalue weighted by Crippen LogP contribution is -2.32. The fourth-order valence-corrected chi connectivity index (χ4v) is 1.67. The van der Waals surface area contributed by atoms with Crippen molar-refractivity contribution in [3.63, 3.8) is 0 Å². The summed E-state index contributed by atoms with van der Waals surface area (Å²) in [4.78, 5) is 14.5. The van der Waals surface area contributed by atoms with E-state index in [-0.39, 0.29) is 0 Å². The van der Waals surface area contributed by atoms with Gasteiger partial charge in [0.15, 0.2) is 6.29 Å². The molecule has 1 aliphatic carbocycles. The molecule has 4 nitrogen and oxygen atoms in total. The van der Waals surface area contributed by atoms with E-state index in [9.17, 15) is 4.79 Å². The number of ether oxygens (including phenoxy) is 1. The lowest BCUT2D eigenvalue weighted by atomic mass is 9.89. The average molecular weight is 180 g/mol. The van der Waals surface area contributed by atoms with Crippen molar-refractivity contribution < 1.29 is 9.53 Å². The van der Waals surface area contributed by atoms with Gasteiger partial charge in [-0.3, -0.25) is 4.79 Å². The van der Waals surface area contributed by atoms with Crippen LogP contribution in [0.2, 0.25) is 0 Å². The minimum Gasteiger partial charge on any atom is -0.381 e. The van der Waals surface area contributed by atoms with Crippen LogP contribution in [0.4, 0.5) is 0 Å². The molecule has 0 saturated heterocycles. The molecule has 1 aromatic heterocycles. The highest BCUT2D eigenvalue weighted by Gasteiger charge is 2.31. The monoisotopic (exact) mass is 180 g/mol. The van der Waals surface area contributed by atoms with Crippen LogP contribution >= 0.6 is 0 Å². The molecule has 4 heteroatoms. The molecule has 0 radical (unpaired) electrons. The summed E-state index contributed by atoms with van der Waals surface area (Å²) in [5, 5.41) is 0. The van der Waals surface area contributed by atoms with Gasteiger partial charge >= 0.3 is 0 Å². The smallest absolute Gasteiger partial charge is 0.168 e. The summed E-state index contributed by atoms with van der Waals surface area (Å²) in [5.41, 5.74) is 0.652. The van der Waals surface area contributed by atoms with Gasteiger partial charge in [-0.2, -0.15) is 0 Å². The van der Waals surface area contributed by atoms with Gasteiger partial charge in [-0.05, 0) is 12.8 Å². The lowest BCUT2D eigenvalue weighted by Gasteiger charge is -2.35. The van der Waals surface area contributed by atoms with E-state index >= 15 is 0 Å². The quantitative estimate of drug-likeness (QED) is 0.653. The van der Waals surface area contributed by atoms with Gasteiger partial charge in [0.25, 0.3) is 0 Å². The predicted octanol–water partition coefficient (Wildman–Crippen LogP) is 1.05. The second kappa shape index (κ2) is 3.30. The normalized spacial score (nSPS) is 26.8. The van der Waals surface area contributed by atoms with Gasteiger partial charge < -0.3 is 9.30 Å². The Labute approximate surface area is 76.5 Å². The van der Waals surface area contributed by atoms with Crippen LogP contribution in [0.3, 0.4) is 0 Å². The summed E-state index contributed by atoms with van der Waals surface area (Å²) < 4.78 is 7.09. The molecule has 1 saturated carbocycles. The standard InChI is InChI=1S/C9H12N2O2/c1-13-9-2-7(3-9)11-6-10-4-8(11)5-12/h4-7,9H,2-3H2,1H3. The molecular weight excluding hydrogens is 168 g/mol. The molecule has 1 aromatic rings. The van der Waals surface area contributed by atoms with Crippen LogP contribution in [0.25, 0.3) is 0 Å². The number of aldehydes is 1. The first-order valence-electron chi connectivity index (χ1n) is 4.35. The Morgan fingerprint density at radius 3 is 3.08 bits per heavy atom. The van der Waals surface area contributed by atoms with E-state index in [0.29, 0.717) is 17.8 Å². The Balaban J connectivity index is 2.06. The molecule has 0 aromatic carbocycles.